The fourth-order valence-corrected chi connectivity index (χ4v) is 2.62. The average Bonchev–Trinajstić information content (AvgIpc) is 2.64. The molecular formula is C13H20N2OS. The second-order valence-corrected chi connectivity index (χ2v) is 6.54. The Kier molecular flexibility index (Phi) is 3.97. The zero-order valence-electron chi connectivity index (χ0n) is 10.3. The smallest absolute Gasteiger partial charge is 0.0441 e. The zero-order valence-corrected chi connectivity index (χ0v) is 11.2. The van der Waals surface area contributed by atoms with Crippen molar-refractivity contribution >= 4 is 10.8 Å². The zero-order chi connectivity index (χ0) is 12.4. The van der Waals surface area contributed by atoms with E-state index in [0.29, 0.717) is 6.04 Å². The van der Waals surface area contributed by atoms with E-state index in [1.165, 1.54) is 11.1 Å². The Morgan fingerprint density at radius 3 is 2.76 bits per heavy atom. The van der Waals surface area contributed by atoms with Crippen LogP contribution in [0, 0.1) is 0 Å². The molecule has 3 N–H and O–H groups in total. The van der Waals surface area contributed by atoms with Gasteiger partial charge in [0.1, 0.15) is 0 Å². The molecule has 4 heteroatoms. The SMILES string of the molecule is CC(CNC1CC(N)c2ccccc21)S(C)=O. The van der Waals surface area contributed by atoms with Crippen molar-refractivity contribution in [3.8, 4) is 0 Å². The summed E-state index contributed by atoms with van der Waals surface area (Å²) >= 11 is 0. The van der Waals surface area contributed by atoms with Crippen molar-refractivity contribution < 1.29 is 4.21 Å². The van der Waals surface area contributed by atoms with Crippen molar-refractivity contribution in [1.29, 1.82) is 0 Å². The van der Waals surface area contributed by atoms with Crippen molar-refractivity contribution in [2.45, 2.75) is 30.7 Å². The third kappa shape index (κ3) is 2.76. The maximum Gasteiger partial charge on any atom is 0.0441 e. The van der Waals surface area contributed by atoms with Crippen LogP contribution in [0.25, 0.3) is 0 Å². The van der Waals surface area contributed by atoms with Gasteiger partial charge >= 0.3 is 0 Å². The summed E-state index contributed by atoms with van der Waals surface area (Å²) in [5.74, 6) is 0. The summed E-state index contributed by atoms with van der Waals surface area (Å²) in [4.78, 5) is 0. The van der Waals surface area contributed by atoms with Crippen molar-refractivity contribution in [3.63, 3.8) is 0 Å². The molecule has 4 unspecified atom stereocenters. The first-order valence-corrected chi connectivity index (χ1v) is 7.61. The Bertz CT molecular complexity index is 422. The third-order valence-corrected chi connectivity index (χ3v) is 4.78. The largest absolute Gasteiger partial charge is 0.324 e. The standard InChI is InChI=1S/C13H20N2OS/c1-9(17(2)16)8-15-13-7-12(14)10-5-3-4-6-11(10)13/h3-6,9,12-13,15H,7-8,14H2,1-2H3. The van der Waals surface area contributed by atoms with Gasteiger partial charge in [-0.05, 0) is 24.5 Å². The Morgan fingerprint density at radius 1 is 1.47 bits per heavy atom. The van der Waals surface area contributed by atoms with Gasteiger partial charge in [-0.3, -0.25) is 4.21 Å². The molecule has 0 aliphatic heterocycles. The molecule has 1 aliphatic rings. The lowest BCUT2D eigenvalue weighted by Crippen LogP contribution is -2.30. The molecule has 0 saturated carbocycles. The van der Waals surface area contributed by atoms with Crippen LogP contribution in [0.3, 0.4) is 0 Å². The Hall–Kier alpha value is -0.710. The van der Waals surface area contributed by atoms with E-state index in [4.69, 9.17) is 5.73 Å². The third-order valence-electron chi connectivity index (χ3n) is 3.48. The van der Waals surface area contributed by atoms with Gasteiger partial charge in [0.05, 0.1) is 0 Å². The molecule has 2 rings (SSSR count). The van der Waals surface area contributed by atoms with Crippen LogP contribution in [0.2, 0.25) is 0 Å². The fourth-order valence-electron chi connectivity index (χ4n) is 2.29. The van der Waals surface area contributed by atoms with Crippen LogP contribution in [0.4, 0.5) is 0 Å². The lowest BCUT2D eigenvalue weighted by molar-refractivity contribution is 0.499. The van der Waals surface area contributed by atoms with Crippen molar-refractivity contribution in [1.82, 2.24) is 5.32 Å². The number of hydrogen-bond acceptors (Lipinski definition) is 3. The summed E-state index contributed by atoms with van der Waals surface area (Å²) in [6.45, 7) is 2.78. The summed E-state index contributed by atoms with van der Waals surface area (Å²) in [5.41, 5.74) is 8.65. The lowest BCUT2D eigenvalue weighted by Gasteiger charge is -2.16. The van der Waals surface area contributed by atoms with Crippen LogP contribution in [0.5, 0.6) is 0 Å². The molecule has 1 aliphatic carbocycles. The highest BCUT2D eigenvalue weighted by molar-refractivity contribution is 7.84. The van der Waals surface area contributed by atoms with Crippen LogP contribution in [0.1, 0.15) is 36.6 Å². The summed E-state index contributed by atoms with van der Waals surface area (Å²) in [5, 5.41) is 3.66. The molecule has 0 fully saturated rings. The highest BCUT2D eigenvalue weighted by atomic mass is 32.2. The maximum absolute atomic E-state index is 11.3. The van der Waals surface area contributed by atoms with Gasteiger partial charge < -0.3 is 11.1 Å². The molecule has 0 radical (unpaired) electrons. The van der Waals surface area contributed by atoms with E-state index in [1.54, 1.807) is 6.26 Å². The van der Waals surface area contributed by atoms with Crippen LogP contribution in [-0.2, 0) is 10.8 Å². The minimum Gasteiger partial charge on any atom is -0.324 e. The number of benzene rings is 1. The summed E-state index contributed by atoms with van der Waals surface area (Å²) in [6, 6.07) is 8.76. The highest BCUT2D eigenvalue weighted by Crippen LogP contribution is 2.36. The van der Waals surface area contributed by atoms with Gasteiger partial charge in [0, 0.05) is 40.9 Å². The second-order valence-electron chi connectivity index (χ2n) is 4.74. The second kappa shape index (κ2) is 5.29. The molecule has 0 spiro atoms. The minimum absolute atomic E-state index is 0.131. The van der Waals surface area contributed by atoms with E-state index < -0.39 is 10.8 Å². The first-order chi connectivity index (χ1) is 8.09. The van der Waals surface area contributed by atoms with Gasteiger partial charge in [0.25, 0.3) is 0 Å². The van der Waals surface area contributed by atoms with Gasteiger partial charge in [-0.1, -0.05) is 24.3 Å². The Labute approximate surface area is 105 Å². The van der Waals surface area contributed by atoms with Gasteiger partial charge in [-0.15, -0.1) is 0 Å². The number of rotatable bonds is 4. The topological polar surface area (TPSA) is 55.1 Å². The molecule has 94 valence electrons. The average molecular weight is 252 g/mol. The number of hydrogen-bond donors (Lipinski definition) is 2. The minimum atomic E-state index is -0.771. The van der Waals surface area contributed by atoms with Crippen molar-refractivity contribution in [2.75, 3.05) is 12.8 Å². The van der Waals surface area contributed by atoms with Crippen LogP contribution >= 0.6 is 0 Å². The number of fused-ring (bicyclic) bond motifs is 1. The van der Waals surface area contributed by atoms with E-state index >= 15 is 0 Å². The first-order valence-electron chi connectivity index (χ1n) is 5.99. The van der Waals surface area contributed by atoms with Gasteiger partial charge in [-0.2, -0.15) is 0 Å². The summed E-state index contributed by atoms with van der Waals surface area (Å²) in [6.07, 6.45) is 2.68. The molecule has 4 atom stereocenters. The van der Waals surface area contributed by atoms with Crippen LogP contribution < -0.4 is 11.1 Å². The van der Waals surface area contributed by atoms with Gasteiger partial charge in [0.2, 0.25) is 0 Å². The number of nitrogens with two attached hydrogens (primary N) is 1. The van der Waals surface area contributed by atoms with E-state index in [0.717, 1.165) is 13.0 Å². The molecule has 0 saturated heterocycles. The molecule has 0 heterocycles. The molecule has 17 heavy (non-hydrogen) atoms. The van der Waals surface area contributed by atoms with E-state index in [2.05, 4.69) is 17.4 Å². The van der Waals surface area contributed by atoms with Crippen molar-refractivity contribution in [3.05, 3.63) is 35.4 Å². The van der Waals surface area contributed by atoms with Crippen LogP contribution in [0.15, 0.2) is 24.3 Å². The molecule has 1 aromatic rings. The fraction of sp³-hybridized carbons (Fsp3) is 0.538. The normalized spacial score (nSPS) is 26.5. The van der Waals surface area contributed by atoms with E-state index in [-0.39, 0.29) is 11.3 Å². The lowest BCUT2D eigenvalue weighted by atomic mass is 10.1. The molecule has 1 aromatic carbocycles. The number of nitrogens with one attached hydrogen (secondary N) is 1. The summed E-state index contributed by atoms with van der Waals surface area (Å²) in [7, 11) is -0.771. The maximum atomic E-state index is 11.3. The van der Waals surface area contributed by atoms with Crippen LogP contribution in [-0.4, -0.2) is 22.3 Å². The molecule has 0 bridgehead atoms. The summed E-state index contributed by atoms with van der Waals surface area (Å²) < 4.78 is 11.3. The molecule has 3 nitrogen and oxygen atoms in total. The monoisotopic (exact) mass is 252 g/mol. The first kappa shape index (κ1) is 12.7. The van der Waals surface area contributed by atoms with Gasteiger partial charge in [0.15, 0.2) is 0 Å². The predicted octanol–water partition coefficient (Wildman–Crippen LogP) is 1.49. The van der Waals surface area contributed by atoms with E-state index in [9.17, 15) is 4.21 Å². The predicted molar refractivity (Wildman–Crippen MR) is 72.3 cm³/mol. The quantitative estimate of drug-likeness (QED) is 0.853. The van der Waals surface area contributed by atoms with E-state index in [1.807, 2.05) is 19.1 Å². The molecular weight excluding hydrogens is 232 g/mol. The molecule has 0 aromatic heterocycles. The molecule has 0 amide bonds. The highest BCUT2D eigenvalue weighted by Gasteiger charge is 2.27. The van der Waals surface area contributed by atoms with Gasteiger partial charge in [-0.25, -0.2) is 0 Å². The Morgan fingerprint density at radius 2 is 2.12 bits per heavy atom. The van der Waals surface area contributed by atoms with Crippen molar-refractivity contribution in [2.24, 2.45) is 5.73 Å². The Balaban J connectivity index is 2.03.